The summed E-state index contributed by atoms with van der Waals surface area (Å²) >= 11 is 6.12. The maximum Gasteiger partial charge on any atom is 0.339 e. The monoisotopic (exact) mass is 438 g/mol. The van der Waals surface area contributed by atoms with E-state index < -0.39 is 12.0 Å². The molecule has 1 heterocycles. The first-order valence-corrected chi connectivity index (χ1v) is 9.95. The third-order valence-corrected chi connectivity index (χ3v) is 5.45. The number of urea groups is 1. The molecule has 0 saturated heterocycles. The standard InChI is InChI=1S/C23H23ClN4O3/c1-13-6-5-7-21(15(13)3)26-23(31)27-25-12-17-10-14(2)28(16(17)4)18-8-9-19(22(29)30)20(24)11-18/h5-12H,1-4H3,(H,29,30)(H2,26,27,31)/b25-12+. The van der Waals surface area contributed by atoms with Crippen molar-refractivity contribution in [2.45, 2.75) is 27.7 Å². The van der Waals surface area contributed by atoms with E-state index >= 15 is 0 Å². The second-order valence-corrected chi connectivity index (χ2v) is 7.61. The van der Waals surface area contributed by atoms with E-state index in [-0.39, 0.29) is 10.6 Å². The molecule has 0 fully saturated rings. The summed E-state index contributed by atoms with van der Waals surface area (Å²) in [5.74, 6) is -1.07. The Labute approximate surface area is 185 Å². The van der Waals surface area contributed by atoms with Gasteiger partial charge in [-0.3, -0.25) is 0 Å². The largest absolute Gasteiger partial charge is 0.478 e. The normalized spacial score (nSPS) is 11.0. The van der Waals surface area contributed by atoms with Gasteiger partial charge >= 0.3 is 12.0 Å². The average Bonchev–Trinajstić information content (AvgIpc) is 2.98. The van der Waals surface area contributed by atoms with E-state index in [2.05, 4.69) is 15.8 Å². The van der Waals surface area contributed by atoms with Crippen LogP contribution in [0.1, 0.15) is 38.4 Å². The molecule has 0 aliphatic heterocycles. The molecule has 3 N–H and O–H groups in total. The number of carbonyl (C=O) groups excluding carboxylic acids is 1. The van der Waals surface area contributed by atoms with Crippen LogP contribution in [0.4, 0.5) is 10.5 Å². The van der Waals surface area contributed by atoms with Crippen molar-refractivity contribution >= 4 is 35.5 Å². The number of hydrogen-bond acceptors (Lipinski definition) is 3. The van der Waals surface area contributed by atoms with Crippen LogP contribution in [-0.4, -0.2) is 27.9 Å². The average molecular weight is 439 g/mol. The zero-order valence-electron chi connectivity index (χ0n) is 17.7. The second-order valence-electron chi connectivity index (χ2n) is 7.20. The van der Waals surface area contributed by atoms with Gasteiger partial charge in [0.05, 0.1) is 16.8 Å². The van der Waals surface area contributed by atoms with E-state index in [0.717, 1.165) is 39.5 Å². The first-order valence-electron chi connectivity index (χ1n) is 9.57. The van der Waals surface area contributed by atoms with Crippen molar-refractivity contribution in [1.29, 1.82) is 0 Å². The summed E-state index contributed by atoms with van der Waals surface area (Å²) < 4.78 is 1.94. The van der Waals surface area contributed by atoms with Crippen LogP contribution in [0.2, 0.25) is 5.02 Å². The molecule has 160 valence electrons. The van der Waals surface area contributed by atoms with Gasteiger partial charge in [-0.25, -0.2) is 15.0 Å². The maximum absolute atomic E-state index is 12.2. The molecular formula is C23H23ClN4O3. The van der Waals surface area contributed by atoms with Gasteiger partial charge in [0.15, 0.2) is 0 Å². The zero-order chi connectivity index (χ0) is 22.7. The molecule has 0 spiro atoms. The SMILES string of the molecule is Cc1cccc(NC(=O)N/N=C/c2cc(C)n(-c3ccc(C(=O)O)c(Cl)c3)c2C)c1C. The summed E-state index contributed by atoms with van der Waals surface area (Å²) in [5.41, 5.74) is 8.68. The lowest BCUT2D eigenvalue weighted by Crippen LogP contribution is -2.24. The lowest BCUT2D eigenvalue weighted by Gasteiger charge is -2.11. The van der Waals surface area contributed by atoms with Gasteiger partial charge in [-0.05, 0) is 69.2 Å². The van der Waals surface area contributed by atoms with Crippen molar-refractivity contribution < 1.29 is 14.7 Å². The van der Waals surface area contributed by atoms with Crippen molar-refractivity contribution in [2.75, 3.05) is 5.32 Å². The minimum absolute atomic E-state index is 0.0497. The number of nitrogens with one attached hydrogen (secondary N) is 2. The van der Waals surface area contributed by atoms with Gasteiger partial charge < -0.3 is 15.0 Å². The molecule has 3 aromatic rings. The number of benzene rings is 2. The number of aromatic nitrogens is 1. The van der Waals surface area contributed by atoms with Crippen LogP contribution >= 0.6 is 11.6 Å². The van der Waals surface area contributed by atoms with E-state index in [0.29, 0.717) is 0 Å². The van der Waals surface area contributed by atoms with Crippen molar-refractivity contribution in [3.8, 4) is 5.69 Å². The quantitative estimate of drug-likeness (QED) is 0.376. The second kappa shape index (κ2) is 9.06. The van der Waals surface area contributed by atoms with Gasteiger partial charge in [-0.15, -0.1) is 0 Å². The summed E-state index contributed by atoms with van der Waals surface area (Å²) in [6.07, 6.45) is 1.56. The van der Waals surface area contributed by atoms with Crippen LogP contribution in [-0.2, 0) is 0 Å². The van der Waals surface area contributed by atoms with E-state index in [9.17, 15) is 9.59 Å². The Kier molecular flexibility index (Phi) is 6.46. The molecule has 0 atom stereocenters. The highest BCUT2D eigenvalue weighted by atomic mass is 35.5. The van der Waals surface area contributed by atoms with Gasteiger partial charge in [-0.2, -0.15) is 5.10 Å². The number of hydrogen-bond donors (Lipinski definition) is 3. The summed E-state index contributed by atoms with van der Waals surface area (Å²) in [7, 11) is 0. The molecule has 2 aromatic carbocycles. The number of anilines is 1. The third kappa shape index (κ3) is 4.78. The van der Waals surface area contributed by atoms with Gasteiger partial charge in [0.25, 0.3) is 0 Å². The third-order valence-electron chi connectivity index (χ3n) is 5.13. The van der Waals surface area contributed by atoms with Crippen molar-refractivity contribution in [2.24, 2.45) is 5.10 Å². The number of amides is 2. The van der Waals surface area contributed by atoms with Crippen molar-refractivity contribution in [3.05, 3.63) is 81.1 Å². The van der Waals surface area contributed by atoms with E-state index in [1.54, 1.807) is 18.3 Å². The molecule has 31 heavy (non-hydrogen) atoms. The number of aromatic carboxylic acids is 1. The molecule has 0 unspecified atom stereocenters. The summed E-state index contributed by atoms with van der Waals surface area (Å²) in [4.78, 5) is 23.3. The van der Waals surface area contributed by atoms with Crippen molar-refractivity contribution in [1.82, 2.24) is 9.99 Å². The number of carboxylic acid groups (broad SMARTS) is 1. The van der Waals surface area contributed by atoms with E-state index in [4.69, 9.17) is 16.7 Å². The lowest BCUT2D eigenvalue weighted by atomic mass is 10.1. The number of halogens is 1. The molecule has 0 radical (unpaired) electrons. The van der Waals surface area contributed by atoms with E-state index in [1.165, 1.54) is 6.07 Å². The number of hydrazone groups is 1. The molecule has 7 nitrogen and oxygen atoms in total. The number of carboxylic acids is 1. The smallest absolute Gasteiger partial charge is 0.339 e. The Bertz CT molecular complexity index is 1200. The highest BCUT2D eigenvalue weighted by Crippen LogP contribution is 2.25. The Morgan fingerprint density at radius 3 is 2.52 bits per heavy atom. The first kappa shape index (κ1) is 22.1. The number of nitrogens with zero attached hydrogens (tertiary/aromatic N) is 2. The molecule has 1 aromatic heterocycles. The fourth-order valence-corrected chi connectivity index (χ4v) is 3.59. The predicted octanol–water partition coefficient (Wildman–Crippen LogP) is 5.22. The summed E-state index contributed by atoms with van der Waals surface area (Å²) in [6.45, 7) is 7.75. The number of rotatable bonds is 5. The van der Waals surface area contributed by atoms with Gasteiger partial charge in [0.2, 0.25) is 0 Å². The van der Waals surface area contributed by atoms with Crippen LogP contribution in [0.5, 0.6) is 0 Å². The van der Waals surface area contributed by atoms with Crippen LogP contribution in [0.25, 0.3) is 5.69 Å². The lowest BCUT2D eigenvalue weighted by molar-refractivity contribution is 0.0697. The molecule has 8 heteroatoms. The fourth-order valence-electron chi connectivity index (χ4n) is 3.33. The first-order chi connectivity index (χ1) is 14.7. The minimum Gasteiger partial charge on any atom is -0.478 e. The number of aryl methyl sites for hydroxylation is 2. The Morgan fingerprint density at radius 2 is 1.84 bits per heavy atom. The molecular weight excluding hydrogens is 416 g/mol. The van der Waals surface area contributed by atoms with Crippen LogP contribution in [0, 0.1) is 27.7 Å². The Balaban J connectivity index is 1.75. The van der Waals surface area contributed by atoms with Crippen LogP contribution in [0.15, 0.2) is 47.6 Å². The topological polar surface area (TPSA) is 95.7 Å². The van der Waals surface area contributed by atoms with Gasteiger partial charge in [0.1, 0.15) is 0 Å². The molecule has 2 amide bonds. The molecule has 0 aliphatic carbocycles. The van der Waals surface area contributed by atoms with Crippen LogP contribution in [0.3, 0.4) is 0 Å². The maximum atomic E-state index is 12.2. The predicted molar refractivity (Wildman–Crippen MR) is 123 cm³/mol. The Morgan fingerprint density at radius 1 is 1.10 bits per heavy atom. The Hall–Kier alpha value is -3.58. The highest BCUT2D eigenvalue weighted by molar-refractivity contribution is 6.33. The van der Waals surface area contributed by atoms with Crippen LogP contribution < -0.4 is 10.7 Å². The van der Waals surface area contributed by atoms with E-state index in [1.807, 2.05) is 56.5 Å². The summed E-state index contributed by atoms with van der Waals surface area (Å²) in [5, 5.41) is 16.2. The summed E-state index contributed by atoms with van der Waals surface area (Å²) in [6, 6.07) is 12.0. The van der Waals surface area contributed by atoms with Crippen molar-refractivity contribution in [3.63, 3.8) is 0 Å². The molecule has 0 bridgehead atoms. The van der Waals surface area contributed by atoms with Gasteiger partial charge in [-0.1, -0.05) is 23.7 Å². The zero-order valence-corrected chi connectivity index (χ0v) is 18.4. The highest BCUT2D eigenvalue weighted by Gasteiger charge is 2.14. The van der Waals surface area contributed by atoms with Gasteiger partial charge in [0, 0.05) is 28.3 Å². The fraction of sp³-hybridized carbons (Fsp3) is 0.174. The minimum atomic E-state index is -1.07. The molecule has 3 rings (SSSR count). The molecule has 0 aliphatic rings. The molecule has 0 saturated carbocycles. The number of carbonyl (C=O) groups is 2.